The number of fused-ring (bicyclic) bond motifs is 1. The first-order chi connectivity index (χ1) is 15.7. The van der Waals surface area contributed by atoms with Gasteiger partial charge in [-0.2, -0.15) is 0 Å². The summed E-state index contributed by atoms with van der Waals surface area (Å²) in [5.41, 5.74) is 5.66. The molecule has 1 aliphatic carbocycles. The number of nitrogens with zero attached hydrogens (tertiary/aromatic N) is 4. The van der Waals surface area contributed by atoms with Crippen molar-refractivity contribution in [3.8, 4) is 17.0 Å². The Morgan fingerprint density at radius 1 is 1.06 bits per heavy atom. The topological polar surface area (TPSA) is 51.1 Å². The second-order valence-electron chi connectivity index (χ2n) is 8.89. The lowest BCUT2D eigenvalue weighted by Gasteiger charge is -2.29. The lowest BCUT2D eigenvalue weighted by Crippen LogP contribution is -2.31. The summed E-state index contributed by atoms with van der Waals surface area (Å²) in [5, 5.41) is 0. The van der Waals surface area contributed by atoms with Crippen molar-refractivity contribution >= 4 is 15.9 Å². The van der Waals surface area contributed by atoms with E-state index < -0.39 is 0 Å². The molecule has 0 atom stereocenters. The molecule has 0 N–H and O–H groups in total. The molecule has 0 spiro atoms. The van der Waals surface area contributed by atoms with Crippen LogP contribution in [0.5, 0.6) is 5.75 Å². The molecule has 1 fully saturated rings. The molecule has 0 amide bonds. The monoisotopic (exact) mass is 492 g/mol. The van der Waals surface area contributed by atoms with Gasteiger partial charge in [0, 0.05) is 65.7 Å². The molecule has 0 bridgehead atoms. The molecule has 2 aliphatic rings. The standard InChI is InChI=1S/C26H29BrN4O/c1-32-25-10-8-21(27)13-22(25)24-9-7-18(14-28-24)16-31-12-11-23-20(17-31)15-29-26(30-23)19-5-3-2-4-6-19/h7-10,13-15,19H,2-6,11-12,16-17H2,1H3. The number of benzene rings is 1. The third kappa shape index (κ3) is 4.71. The SMILES string of the molecule is COc1ccc(Br)cc1-c1ccc(CN2CCc3nc(C4CCCCC4)ncc3C2)cn1. The molecular weight excluding hydrogens is 464 g/mol. The van der Waals surface area contributed by atoms with E-state index in [2.05, 4.69) is 39.2 Å². The number of hydrogen-bond acceptors (Lipinski definition) is 5. The van der Waals surface area contributed by atoms with Gasteiger partial charge in [0.25, 0.3) is 0 Å². The maximum atomic E-state index is 5.51. The Bertz CT molecular complexity index is 1080. The molecule has 5 nitrogen and oxygen atoms in total. The molecule has 166 valence electrons. The normalized spacial score (nSPS) is 17.2. The van der Waals surface area contributed by atoms with Crippen molar-refractivity contribution in [3.63, 3.8) is 0 Å². The van der Waals surface area contributed by atoms with Crippen LogP contribution in [0.1, 0.15) is 60.7 Å². The highest BCUT2D eigenvalue weighted by Gasteiger charge is 2.23. The van der Waals surface area contributed by atoms with Crippen LogP contribution in [0.4, 0.5) is 0 Å². The molecule has 3 aromatic rings. The first-order valence-electron chi connectivity index (χ1n) is 11.6. The molecule has 1 aromatic carbocycles. The molecule has 1 saturated carbocycles. The number of aromatic nitrogens is 3. The summed E-state index contributed by atoms with van der Waals surface area (Å²) >= 11 is 3.54. The summed E-state index contributed by atoms with van der Waals surface area (Å²) in [7, 11) is 1.69. The summed E-state index contributed by atoms with van der Waals surface area (Å²) in [4.78, 5) is 16.9. The average Bonchev–Trinajstić information content (AvgIpc) is 2.85. The predicted octanol–water partition coefficient (Wildman–Crippen LogP) is 5.92. The third-order valence-corrected chi connectivity index (χ3v) is 7.16. The Balaban J connectivity index is 1.25. The second-order valence-corrected chi connectivity index (χ2v) is 9.81. The van der Waals surface area contributed by atoms with Gasteiger partial charge in [-0.05, 0) is 42.7 Å². The fourth-order valence-electron chi connectivity index (χ4n) is 4.90. The fourth-order valence-corrected chi connectivity index (χ4v) is 5.26. The van der Waals surface area contributed by atoms with Gasteiger partial charge in [0.15, 0.2) is 0 Å². The van der Waals surface area contributed by atoms with Crippen LogP contribution in [0, 0.1) is 0 Å². The summed E-state index contributed by atoms with van der Waals surface area (Å²) in [6.45, 7) is 2.81. The second kappa shape index (κ2) is 9.67. The lowest BCUT2D eigenvalue weighted by atomic mass is 9.88. The Hall–Kier alpha value is -2.31. The zero-order valence-corrected chi connectivity index (χ0v) is 20.1. The van der Waals surface area contributed by atoms with Gasteiger partial charge in [-0.25, -0.2) is 9.97 Å². The zero-order chi connectivity index (χ0) is 21.9. The molecule has 1 aliphatic heterocycles. The van der Waals surface area contributed by atoms with Gasteiger partial charge in [0.2, 0.25) is 0 Å². The van der Waals surface area contributed by atoms with Gasteiger partial charge in [-0.15, -0.1) is 0 Å². The van der Waals surface area contributed by atoms with E-state index in [4.69, 9.17) is 19.7 Å². The van der Waals surface area contributed by atoms with Crippen LogP contribution in [0.25, 0.3) is 11.3 Å². The lowest BCUT2D eigenvalue weighted by molar-refractivity contribution is 0.242. The largest absolute Gasteiger partial charge is 0.496 e. The van der Waals surface area contributed by atoms with Gasteiger partial charge < -0.3 is 4.74 Å². The van der Waals surface area contributed by atoms with Crippen molar-refractivity contribution in [2.75, 3.05) is 13.7 Å². The molecule has 0 saturated heterocycles. The van der Waals surface area contributed by atoms with Crippen LogP contribution in [0.2, 0.25) is 0 Å². The van der Waals surface area contributed by atoms with Crippen LogP contribution < -0.4 is 4.74 Å². The van der Waals surface area contributed by atoms with Crippen LogP contribution in [-0.2, 0) is 19.5 Å². The minimum Gasteiger partial charge on any atom is -0.496 e. The van der Waals surface area contributed by atoms with Gasteiger partial charge in [-0.3, -0.25) is 9.88 Å². The maximum Gasteiger partial charge on any atom is 0.131 e. The Morgan fingerprint density at radius 3 is 2.72 bits per heavy atom. The van der Waals surface area contributed by atoms with Gasteiger partial charge in [0.05, 0.1) is 12.8 Å². The van der Waals surface area contributed by atoms with Crippen molar-refractivity contribution in [2.24, 2.45) is 0 Å². The average molecular weight is 493 g/mol. The highest BCUT2D eigenvalue weighted by atomic mass is 79.9. The van der Waals surface area contributed by atoms with E-state index in [0.29, 0.717) is 5.92 Å². The van der Waals surface area contributed by atoms with Crippen molar-refractivity contribution in [1.82, 2.24) is 19.9 Å². The summed E-state index contributed by atoms with van der Waals surface area (Å²) in [6.07, 6.45) is 11.6. The van der Waals surface area contributed by atoms with Gasteiger partial charge in [-0.1, -0.05) is 41.3 Å². The molecule has 0 radical (unpaired) electrons. The van der Waals surface area contributed by atoms with Crippen LogP contribution >= 0.6 is 15.9 Å². The van der Waals surface area contributed by atoms with Gasteiger partial charge in [0.1, 0.15) is 11.6 Å². The number of rotatable bonds is 5. The molecule has 3 heterocycles. The van der Waals surface area contributed by atoms with E-state index in [-0.39, 0.29) is 0 Å². The minimum absolute atomic E-state index is 0.570. The van der Waals surface area contributed by atoms with E-state index >= 15 is 0 Å². The highest BCUT2D eigenvalue weighted by molar-refractivity contribution is 9.10. The van der Waals surface area contributed by atoms with Gasteiger partial charge >= 0.3 is 0 Å². The quantitative estimate of drug-likeness (QED) is 0.442. The first-order valence-corrected chi connectivity index (χ1v) is 12.3. The first kappa shape index (κ1) is 21.5. The number of halogens is 1. The third-order valence-electron chi connectivity index (χ3n) is 6.67. The molecule has 2 aromatic heterocycles. The molecule has 32 heavy (non-hydrogen) atoms. The van der Waals surface area contributed by atoms with E-state index in [1.165, 1.54) is 48.9 Å². The molecule has 0 unspecified atom stereocenters. The van der Waals surface area contributed by atoms with Crippen LogP contribution in [-0.4, -0.2) is 33.5 Å². The molecular formula is C26H29BrN4O. The van der Waals surface area contributed by atoms with Crippen molar-refractivity contribution < 1.29 is 4.74 Å². The summed E-state index contributed by atoms with van der Waals surface area (Å²) < 4.78 is 6.52. The smallest absolute Gasteiger partial charge is 0.131 e. The van der Waals surface area contributed by atoms with E-state index in [0.717, 1.165) is 53.4 Å². The summed E-state index contributed by atoms with van der Waals surface area (Å²) in [5.74, 6) is 2.48. The summed E-state index contributed by atoms with van der Waals surface area (Å²) in [6, 6.07) is 10.2. The van der Waals surface area contributed by atoms with Crippen molar-refractivity contribution in [3.05, 3.63) is 69.8 Å². The Labute approximate surface area is 198 Å². The Kier molecular flexibility index (Phi) is 6.51. The molecule has 6 heteroatoms. The van der Waals surface area contributed by atoms with E-state index in [9.17, 15) is 0 Å². The maximum absolute atomic E-state index is 5.51. The van der Waals surface area contributed by atoms with Crippen molar-refractivity contribution in [2.45, 2.75) is 57.5 Å². The number of hydrogen-bond donors (Lipinski definition) is 0. The minimum atomic E-state index is 0.570. The van der Waals surface area contributed by atoms with Crippen LogP contribution in [0.3, 0.4) is 0 Å². The molecule has 5 rings (SSSR count). The van der Waals surface area contributed by atoms with E-state index in [1.54, 1.807) is 7.11 Å². The number of pyridine rings is 1. The number of ether oxygens (including phenoxy) is 1. The Morgan fingerprint density at radius 2 is 1.94 bits per heavy atom. The number of methoxy groups -OCH3 is 1. The zero-order valence-electron chi connectivity index (χ0n) is 18.6. The van der Waals surface area contributed by atoms with Crippen molar-refractivity contribution in [1.29, 1.82) is 0 Å². The highest BCUT2D eigenvalue weighted by Crippen LogP contribution is 2.33. The fraction of sp³-hybridized carbons (Fsp3) is 0.423. The van der Waals surface area contributed by atoms with Crippen LogP contribution in [0.15, 0.2) is 47.2 Å². The van der Waals surface area contributed by atoms with E-state index in [1.807, 2.05) is 24.4 Å². The predicted molar refractivity (Wildman–Crippen MR) is 130 cm³/mol.